The van der Waals surface area contributed by atoms with Crippen LogP contribution < -0.4 is 5.73 Å². The van der Waals surface area contributed by atoms with Gasteiger partial charge in [0.2, 0.25) is 5.95 Å². The number of H-pyrrole nitrogens is 1. The van der Waals surface area contributed by atoms with Crippen LogP contribution >= 0.6 is 11.6 Å². The minimum absolute atomic E-state index is 0.235. The van der Waals surface area contributed by atoms with Crippen LogP contribution in [-0.2, 0) is 0 Å². The number of fused-ring (bicyclic) bond motifs is 1. The second-order valence-corrected chi connectivity index (χ2v) is 2.53. The van der Waals surface area contributed by atoms with Crippen molar-refractivity contribution in [3.63, 3.8) is 0 Å². The van der Waals surface area contributed by atoms with E-state index in [1.54, 1.807) is 12.4 Å². The first kappa shape index (κ1) is 6.42. The van der Waals surface area contributed by atoms with Crippen LogP contribution in [0.1, 0.15) is 0 Å². The molecule has 0 unspecified atom stereocenters. The van der Waals surface area contributed by atoms with E-state index in [2.05, 4.69) is 15.0 Å². The number of aromatic amines is 1. The molecule has 0 saturated heterocycles. The Hall–Kier alpha value is -1.29. The van der Waals surface area contributed by atoms with Gasteiger partial charge in [0, 0.05) is 6.20 Å². The molecular formula is C6H5ClN4. The first-order chi connectivity index (χ1) is 5.27. The third kappa shape index (κ3) is 0.914. The Balaban J connectivity index is 2.87. The van der Waals surface area contributed by atoms with E-state index in [0.29, 0.717) is 10.5 Å². The van der Waals surface area contributed by atoms with E-state index >= 15 is 0 Å². The average Bonchev–Trinajstić information content (AvgIpc) is 2.33. The van der Waals surface area contributed by atoms with Crippen molar-refractivity contribution >= 4 is 28.6 Å². The van der Waals surface area contributed by atoms with Crippen molar-refractivity contribution in [3.05, 3.63) is 17.4 Å². The highest BCUT2D eigenvalue weighted by Crippen LogP contribution is 2.19. The van der Waals surface area contributed by atoms with Gasteiger partial charge in [-0.2, -0.15) is 0 Å². The van der Waals surface area contributed by atoms with Crippen LogP contribution in [0.3, 0.4) is 0 Å². The van der Waals surface area contributed by atoms with Crippen LogP contribution in [0.4, 0.5) is 5.95 Å². The fourth-order valence-corrected chi connectivity index (χ4v) is 1.09. The van der Waals surface area contributed by atoms with E-state index in [0.717, 1.165) is 5.52 Å². The van der Waals surface area contributed by atoms with E-state index in [4.69, 9.17) is 17.3 Å². The molecule has 3 N–H and O–H groups in total. The fourth-order valence-electron chi connectivity index (χ4n) is 0.893. The molecule has 0 spiro atoms. The quantitative estimate of drug-likeness (QED) is 0.621. The number of rotatable bonds is 0. The molecule has 0 fully saturated rings. The second-order valence-electron chi connectivity index (χ2n) is 2.13. The third-order valence-corrected chi connectivity index (χ3v) is 1.68. The summed E-state index contributed by atoms with van der Waals surface area (Å²) in [6.07, 6.45) is 3.25. The summed E-state index contributed by atoms with van der Waals surface area (Å²) < 4.78 is 0. The van der Waals surface area contributed by atoms with Gasteiger partial charge in [-0.15, -0.1) is 0 Å². The maximum absolute atomic E-state index is 5.77. The highest BCUT2D eigenvalue weighted by atomic mass is 35.5. The lowest BCUT2D eigenvalue weighted by Gasteiger charge is -1.90. The maximum atomic E-state index is 5.77. The Kier molecular flexibility index (Phi) is 1.22. The van der Waals surface area contributed by atoms with Gasteiger partial charge < -0.3 is 10.7 Å². The molecule has 0 aliphatic carbocycles. The molecule has 0 atom stereocenters. The van der Waals surface area contributed by atoms with E-state index in [9.17, 15) is 0 Å². The Morgan fingerprint density at radius 1 is 1.55 bits per heavy atom. The maximum Gasteiger partial charge on any atom is 0.220 e. The molecule has 2 aromatic heterocycles. The largest absolute Gasteiger partial charge is 0.368 e. The molecule has 0 aliphatic rings. The molecule has 4 nitrogen and oxygen atoms in total. The molecular weight excluding hydrogens is 164 g/mol. The van der Waals surface area contributed by atoms with Gasteiger partial charge in [-0.1, -0.05) is 11.6 Å². The normalized spacial score (nSPS) is 10.6. The zero-order valence-corrected chi connectivity index (χ0v) is 6.26. The fraction of sp³-hybridized carbons (Fsp3) is 0. The van der Waals surface area contributed by atoms with E-state index < -0.39 is 0 Å². The molecule has 2 rings (SSSR count). The van der Waals surface area contributed by atoms with Crippen molar-refractivity contribution in [2.45, 2.75) is 0 Å². The number of nitrogens with one attached hydrogen (secondary N) is 1. The van der Waals surface area contributed by atoms with Gasteiger partial charge in [0.25, 0.3) is 0 Å². The number of anilines is 1. The molecule has 2 aromatic rings. The first-order valence-corrected chi connectivity index (χ1v) is 3.40. The Morgan fingerprint density at radius 3 is 3.18 bits per heavy atom. The summed E-state index contributed by atoms with van der Waals surface area (Å²) in [5, 5.41) is 0.564. The molecule has 11 heavy (non-hydrogen) atoms. The van der Waals surface area contributed by atoms with Crippen molar-refractivity contribution in [2.24, 2.45) is 0 Å². The lowest BCUT2D eigenvalue weighted by atomic mass is 10.5. The topological polar surface area (TPSA) is 67.6 Å². The van der Waals surface area contributed by atoms with Gasteiger partial charge in [-0.25, -0.2) is 9.97 Å². The lowest BCUT2D eigenvalue weighted by Crippen LogP contribution is -1.92. The van der Waals surface area contributed by atoms with Gasteiger partial charge in [-0.05, 0) is 0 Å². The molecule has 2 heterocycles. The lowest BCUT2D eigenvalue weighted by molar-refractivity contribution is 1.23. The molecule has 0 amide bonds. The Bertz CT molecular complexity index is 394. The third-order valence-electron chi connectivity index (χ3n) is 1.39. The highest BCUT2D eigenvalue weighted by Gasteiger charge is 2.02. The summed E-state index contributed by atoms with van der Waals surface area (Å²) in [5.74, 6) is 0.235. The summed E-state index contributed by atoms with van der Waals surface area (Å²) in [5.41, 5.74) is 6.82. The molecule has 0 bridgehead atoms. The summed E-state index contributed by atoms with van der Waals surface area (Å²) in [6, 6.07) is 0. The van der Waals surface area contributed by atoms with E-state index in [-0.39, 0.29) is 5.95 Å². The molecule has 0 radical (unpaired) electrons. The number of hydrogen-bond donors (Lipinski definition) is 2. The summed E-state index contributed by atoms with van der Waals surface area (Å²) in [6.45, 7) is 0. The number of halogens is 1. The van der Waals surface area contributed by atoms with Crippen molar-refractivity contribution in [3.8, 4) is 0 Å². The number of nitrogen functional groups attached to an aromatic ring is 1. The van der Waals surface area contributed by atoms with Gasteiger partial charge in [0.15, 0.2) is 0 Å². The molecule has 56 valence electrons. The second kappa shape index (κ2) is 2.10. The van der Waals surface area contributed by atoms with Crippen molar-refractivity contribution in [1.29, 1.82) is 0 Å². The minimum atomic E-state index is 0.235. The molecule has 0 saturated carbocycles. The molecule has 0 aliphatic heterocycles. The highest BCUT2D eigenvalue weighted by molar-refractivity contribution is 6.35. The monoisotopic (exact) mass is 168 g/mol. The van der Waals surface area contributed by atoms with Crippen molar-refractivity contribution in [1.82, 2.24) is 15.0 Å². The smallest absolute Gasteiger partial charge is 0.220 e. The van der Waals surface area contributed by atoms with E-state index in [1.807, 2.05) is 0 Å². The average molecular weight is 169 g/mol. The van der Waals surface area contributed by atoms with Gasteiger partial charge in [0.1, 0.15) is 5.52 Å². The SMILES string of the molecule is Nc1ncc2[nH]cc(Cl)c2n1. The summed E-state index contributed by atoms with van der Waals surface area (Å²) in [7, 11) is 0. The number of nitrogens with two attached hydrogens (primary N) is 1. The predicted molar refractivity (Wildman–Crippen MR) is 43.3 cm³/mol. The number of hydrogen-bond acceptors (Lipinski definition) is 3. The van der Waals surface area contributed by atoms with Gasteiger partial charge in [0.05, 0.1) is 16.7 Å². The zero-order chi connectivity index (χ0) is 7.84. The van der Waals surface area contributed by atoms with E-state index in [1.165, 1.54) is 0 Å². The van der Waals surface area contributed by atoms with Crippen LogP contribution in [0.25, 0.3) is 11.0 Å². The number of nitrogens with zero attached hydrogens (tertiary/aromatic N) is 2. The standard InChI is InChI=1S/C6H5ClN4/c7-3-1-9-4-2-10-6(8)11-5(3)4/h1-2,9H,(H2,8,10,11). The Morgan fingerprint density at radius 2 is 2.36 bits per heavy atom. The minimum Gasteiger partial charge on any atom is -0.368 e. The van der Waals surface area contributed by atoms with Crippen LogP contribution in [0.5, 0.6) is 0 Å². The van der Waals surface area contributed by atoms with Crippen molar-refractivity contribution < 1.29 is 0 Å². The predicted octanol–water partition coefficient (Wildman–Crippen LogP) is 1.19. The molecule has 5 heteroatoms. The van der Waals surface area contributed by atoms with Crippen molar-refractivity contribution in [2.75, 3.05) is 5.73 Å². The van der Waals surface area contributed by atoms with Crippen LogP contribution in [-0.4, -0.2) is 15.0 Å². The zero-order valence-electron chi connectivity index (χ0n) is 5.50. The Labute approximate surface area is 67.4 Å². The summed E-state index contributed by atoms with van der Waals surface area (Å²) >= 11 is 5.77. The van der Waals surface area contributed by atoms with Crippen LogP contribution in [0.15, 0.2) is 12.4 Å². The summed E-state index contributed by atoms with van der Waals surface area (Å²) in [4.78, 5) is 10.6. The first-order valence-electron chi connectivity index (χ1n) is 3.02. The van der Waals surface area contributed by atoms with Gasteiger partial charge >= 0.3 is 0 Å². The van der Waals surface area contributed by atoms with Crippen LogP contribution in [0, 0.1) is 0 Å². The van der Waals surface area contributed by atoms with Crippen LogP contribution in [0.2, 0.25) is 5.02 Å². The molecule has 0 aromatic carbocycles. The van der Waals surface area contributed by atoms with Gasteiger partial charge in [-0.3, -0.25) is 0 Å². The number of aromatic nitrogens is 3.